The van der Waals surface area contributed by atoms with E-state index in [2.05, 4.69) is 15.6 Å². The molecule has 0 radical (unpaired) electrons. The van der Waals surface area contributed by atoms with Crippen molar-refractivity contribution >= 4 is 28.3 Å². The van der Waals surface area contributed by atoms with Gasteiger partial charge in [0.15, 0.2) is 5.13 Å². The van der Waals surface area contributed by atoms with Gasteiger partial charge >= 0.3 is 0 Å². The summed E-state index contributed by atoms with van der Waals surface area (Å²) in [6.07, 6.45) is 0.100. The molecular formula is C25H21N3O2S. The Bertz CT molecular complexity index is 1150. The number of anilines is 1. The number of rotatable bonds is 7. The molecule has 4 rings (SSSR count). The maximum Gasteiger partial charge on any atom is 0.251 e. The lowest BCUT2D eigenvalue weighted by Crippen LogP contribution is -2.31. The highest BCUT2D eigenvalue weighted by Crippen LogP contribution is 2.25. The van der Waals surface area contributed by atoms with Crippen molar-refractivity contribution in [2.45, 2.75) is 12.5 Å². The molecule has 1 atom stereocenters. The topological polar surface area (TPSA) is 71.1 Å². The second-order valence-electron chi connectivity index (χ2n) is 6.96. The molecule has 6 heteroatoms. The molecule has 0 unspecified atom stereocenters. The minimum Gasteiger partial charge on any atom is -0.345 e. The lowest BCUT2D eigenvalue weighted by molar-refractivity contribution is -0.116. The van der Waals surface area contributed by atoms with E-state index in [1.54, 1.807) is 12.1 Å². The van der Waals surface area contributed by atoms with E-state index in [0.29, 0.717) is 10.7 Å². The van der Waals surface area contributed by atoms with Crippen LogP contribution in [0.3, 0.4) is 0 Å². The SMILES string of the molecule is O=C(C[C@@H](NC(=O)c1ccccc1)c1ccccc1)Nc1nc(-c2ccccc2)cs1. The highest BCUT2D eigenvalue weighted by Gasteiger charge is 2.20. The number of nitrogens with zero attached hydrogens (tertiary/aromatic N) is 1. The van der Waals surface area contributed by atoms with Gasteiger partial charge in [-0.05, 0) is 17.7 Å². The molecule has 2 N–H and O–H groups in total. The van der Waals surface area contributed by atoms with E-state index in [1.807, 2.05) is 84.2 Å². The Morgan fingerprint density at radius 1 is 0.839 bits per heavy atom. The van der Waals surface area contributed by atoms with Gasteiger partial charge in [-0.3, -0.25) is 9.59 Å². The van der Waals surface area contributed by atoms with Crippen molar-refractivity contribution in [3.63, 3.8) is 0 Å². The number of thiazole rings is 1. The summed E-state index contributed by atoms with van der Waals surface area (Å²) in [6.45, 7) is 0. The van der Waals surface area contributed by atoms with Crippen LogP contribution in [0.4, 0.5) is 5.13 Å². The molecule has 0 aliphatic rings. The van der Waals surface area contributed by atoms with Gasteiger partial charge in [0.05, 0.1) is 18.2 Å². The molecular weight excluding hydrogens is 406 g/mol. The monoisotopic (exact) mass is 427 g/mol. The van der Waals surface area contributed by atoms with Gasteiger partial charge in [-0.15, -0.1) is 11.3 Å². The lowest BCUT2D eigenvalue weighted by Gasteiger charge is -2.19. The van der Waals surface area contributed by atoms with Gasteiger partial charge in [-0.2, -0.15) is 0 Å². The van der Waals surface area contributed by atoms with Gasteiger partial charge in [0, 0.05) is 16.5 Å². The smallest absolute Gasteiger partial charge is 0.251 e. The summed E-state index contributed by atoms with van der Waals surface area (Å²) in [4.78, 5) is 29.9. The standard InChI is InChI=1S/C25H21N3O2S/c29-23(28-25-27-22(17-31-25)19-12-6-2-7-13-19)16-21(18-10-4-1-5-11-18)26-24(30)20-14-8-3-9-15-20/h1-15,17,21H,16H2,(H,26,30)(H,27,28,29)/t21-/m1/s1. The van der Waals surface area contributed by atoms with E-state index in [0.717, 1.165) is 16.8 Å². The molecule has 0 saturated heterocycles. The van der Waals surface area contributed by atoms with Gasteiger partial charge in [0.25, 0.3) is 5.91 Å². The first kappa shape index (κ1) is 20.5. The van der Waals surface area contributed by atoms with Crippen LogP contribution >= 0.6 is 11.3 Å². The normalized spacial score (nSPS) is 11.5. The minimum atomic E-state index is -0.456. The lowest BCUT2D eigenvalue weighted by atomic mass is 10.0. The number of hydrogen-bond donors (Lipinski definition) is 2. The van der Waals surface area contributed by atoms with Crippen molar-refractivity contribution in [2.24, 2.45) is 0 Å². The largest absolute Gasteiger partial charge is 0.345 e. The molecule has 5 nitrogen and oxygen atoms in total. The molecule has 2 amide bonds. The van der Waals surface area contributed by atoms with Crippen LogP contribution in [-0.2, 0) is 4.79 Å². The summed E-state index contributed by atoms with van der Waals surface area (Å²) in [5, 5.41) is 8.29. The van der Waals surface area contributed by atoms with E-state index in [9.17, 15) is 9.59 Å². The highest BCUT2D eigenvalue weighted by molar-refractivity contribution is 7.14. The number of carbonyl (C=O) groups excluding carboxylic acids is 2. The van der Waals surface area contributed by atoms with Gasteiger partial charge in [0.2, 0.25) is 5.91 Å². The molecule has 0 bridgehead atoms. The maximum absolute atomic E-state index is 12.8. The van der Waals surface area contributed by atoms with Gasteiger partial charge < -0.3 is 10.6 Å². The molecule has 0 aliphatic carbocycles. The Hall–Kier alpha value is -3.77. The van der Waals surface area contributed by atoms with Crippen molar-refractivity contribution in [1.29, 1.82) is 0 Å². The van der Waals surface area contributed by atoms with Gasteiger partial charge in [-0.1, -0.05) is 78.9 Å². The third-order valence-corrected chi connectivity index (χ3v) is 5.51. The van der Waals surface area contributed by atoms with Crippen LogP contribution in [0.15, 0.2) is 96.4 Å². The Kier molecular flexibility index (Phi) is 6.50. The number of hydrogen-bond acceptors (Lipinski definition) is 4. The molecule has 4 aromatic rings. The van der Waals surface area contributed by atoms with Crippen LogP contribution in [0.25, 0.3) is 11.3 Å². The number of amides is 2. The third kappa shape index (κ3) is 5.43. The molecule has 3 aromatic carbocycles. The molecule has 31 heavy (non-hydrogen) atoms. The fraction of sp³-hybridized carbons (Fsp3) is 0.0800. The van der Waals surface area contributed by atoms with Gasteiger partial charge in [-0.25, -0.2) is 4.98 Å². The van der Waals surface area contributed by atoms with E-state index in [4.69, 9.17) is 0 Å². The average Bonchev–Trinajstić information content (AvgIpc) is 3.28. The maximum atomic E-state index is 12.8. The fourth-order valence-electron chi connectivity index (χ4n) is 3.20. The van der Waals surface area contributed by atoms with Crippen molar-refractivity contribution in [2.75, 3.05) is 5.32 Å². The Balaban J connectivity index is 1.46. The number of nitrogens with one attached hydrogen (secondary N) is 2. The third-order valence-electron chi connectivity index (χ3n) is 4.75. The summed E-state index contributed by atoms with van der Waals surface area (Å²) < 4.78 is 0. The van der Waals surface area contributed by atoms with Crippen LogP contribution in [0.5, 0.6) is 0 Å². The van der Waals surface area contributed by atoms with Crippen LogP contribution < -0.4 is 10.6 Å². The zero-order chi connectivity index (χ0) is 21.5. The van der Waals surface area contributed by atoms with E-state index >= 15 is 0 Å². The fourth-order valence-corrected chi connectivity index (χ4v) is 3.93. The van der Waals surface area contributed by atoms with Crippen LogP contribution in [-0.4, -0.2) is 16.8 Å². The summed E-state index contributed by atoms with van der Waals surface area (Å²) in [5.74, 6) is -0.431. The minimum absolute atomic E-state index is 0.100. The molecule has 0 fully saturated rings. The summed E-state index contributed by atoms with van der Waals surface area (Å²) >= 11 is 1.38. The first-order valence-corrected chi connectivity index (χ1v) is 10.8. The zero-order valence-electron chi connectivity index (χ0n) is 16.7. The number of aromatic nitrogens is 1. The Morgan fingerprint density at radius 3 is 2.13 bits per heavy atom. The zero-order valence-corrected chi connectivity index (χ0v) is 17.5. The van der Waals surface area contributed by atoms with E-state index in [1.165, 1.54) is 11.3 Å². The molecule has 1 aromatic heterocycles. The quantitative estimate of drug-likeness (QED) is 0.420. The van der Waals surface area contributed by atoms with E-state index < -0.39 is 6.04 Å². The molecule has 0 aliphatic heterocycles. The van der Waals surface area contributed by atoms with E-state index in [-0.39, 0.29) is 18.2 Å². The summed E-state index contributed by atoms with van der Waals surface area (Å²) in [6, 6.07) is 27.8. The van der Waals surface area contributed by atoms with Gasteiger partial charge in [0.1, 0.15) is 0 Å². The van der Waals surface area contributed by atoms with Crippen molar-refractivity contribution < 1.29 is 9.59 Å². The summed E-state index contributed by atoms with van der Waals surface area (Å²) in [7, 11) is 0. The predicted octanol–water partition coefficient (Wildman–Crippen LogP) is 5.31. The second kappa shape index (κ2) is 9.82. The van der Waals surface area contributed by atoms with Crippen LogP contribution in [0.1, 0.15) is 28.4 Å². The first-order chi connectivity index (χ1) is 15.2. The van der Waals surface area contributed by atoms with Crippen LogP contribution in [0.2, 0.25) is 0 Å². The van der Waals surface area contributed by atoms with Crippen molar-refractivity contribution in [1.82, 2.24) is 10.3 Å². The molecule has 154 valence electrons. The van der Waals surface area contributed by atoms with Crippen molar-refractivity contribution in [3.8, 4) is 11.3 Å². The van der Waals surface area contributed by atoms with Crippen molar-refractivity contribution in [3.05, 3.63) is 108 Å². The highest BCUT2D eigenvalue weighted by atomic mass is 32.1. The number of carbonyl (C=O) groups is 2. The summed E-state index contributed by atoms with van der Waals surface area (Å²) in [5.41, 5.74) is 3.23. The average molecular weight is 428 g/mol. The van der Waals surface area contributed by atoms with Crippen LogP contribution in [0, 0.1) is 0 Å². The second-order valence-corrected chi connectivity index (χ2v) is 7.82. The molecule has 0 spiro atoms. The predicted molar refractivity (Wildman–Crippen MR) is 124 cm³/mol. The molecule has 0 saturated carbocycles. The molecule has 1 heterocycles. The number of benzene rings is 3. The Labute approximate surface area is 184 Å². The Morgan fingerprint density at radius 2 is 1.45 bits per heavy atom. The first-order valence-electron chi connectivity index (χ1n) is 9.91.